The van der Waals surface area contributed by atoms with Gasteiger partial charge in [-0.3, -0.25) is 9.89 Å². The van der Waals surface area contributed by atoms with Crippen molar-refractivity contribution in [2.75, 3.05) is 40.3 Å². The van der Waals surface area contributed by atoms with Gasteiger partial charge in [0.15, 0.2) is 5.65 Å². The zero-order valence-corrected chi connectivity index (χ0v) is 16.4. The fraction of sp³-hybridized carbons (Fsp3) is 0.684. The molecule has 0 aliphatic carbocycles. The second kappa shape index (κ2) is 6.57. The maximum atomic E-state index is 12.4. The van der Waals surface area contributed by atoms with Crippen LogP contribution in [-0.2, 0) is 0 Å². The quantitative estimate of drug-likeness (QED) is 0.901. The van der Waals surface area contributed by atoms with Gasteiger partial charge in [-0.1, -0.05) is 13.8 Å². The first kappa shape index (κ1) is 18.1. The lowest BCUT2D eigenvalue weighted by atomic mass is 9.92. The van der Waals surface area contributed by atoms with Crippen molar-refractivity contribution in [2.45, 2.75) is 40.0 Å². The highest BCUT2D eigenvalue weighted by Crippen LogP contribution is 2.29. The van der Waals surface area contributed by atoms with Crippen molar-refractivity contribution in [3.63, 3.8) is 0 Å². The van der Waals surface area contributed by atoms with Crippen LogP contribution in [0.2, 0.25) is 0 Å². The van der Waals surface area contributed by atoms with Gasteiger partial charge in [-0.2, -0.15) is 0 Å². The van der Waals surface area contributed by atoms with Crippen molar-refractivity contribution in [2.24, 2.45) is 5.41 Å². The average Bonchev–Trinajstić information content (AvgIpc) is 3.09. The Kier molecular flexibility index (Phi) is 4.77. The molecule has 2 aromatic rings. The zero-order valence-electron chi connectivity index (χ0n) is 16.4. The number of fused-ring (bicyclic) bond motifs is 1. The largest absolute Gasteiger partial charge is 0.309 e. The third-order valence-corrected chi connectivity index (χ3v) is 5.21. The van der Waals surface area contributed by atoms with Crippen LogP contribution in [0, 0.1) is 19.3 Å². The van der Waals surface area contributed by atoms with Crippen molar-refractivity contribution in [3.8, 4) is 0 Å². The maximum Gasteiger partial charge on any atom is 0.275 e. The Hall–Kier alpha value is -1.66. The predicted molar refractivity (Wildman–Crippen MR) is 101 cm³/mol. The first-order valence-electron chi connectivity index (χ1n) is 9.12. The van der Waals surface area contributed by atoms with E-state index in [1.807, 2.05) is 19.9 Å². The van der Waals surface area contributed by atoms with Crippen LogP contribution < -0.4 is 5.56 Å². The van der Waals surface area contributed by atoms with Gasteiger partial charge in [0.1, 0.15) is 0 Å². The SMILES string of the molecule is Cc1nc2cc(C3CCN(CC(C)(C)CN(C)C)C3)[nH]n2c(=O)c1C. The van der Waals surface area contributed by atoms with Crippen LogP contribution >= 0.6 is 0 Å². The van der Waals surface area contributed by atoms with Crippen molar-refractivity contribution in [1.82, 2.24) is 24.4 Å². The molecule has 1 unspecified atom stereocenters. The average molecular weight is 345 g/mol. The monoisotopic (exact) mass is 345 g/mol. The molecule has 1 aliphatic rings. The van der Waals surface area contributed by atoms with Gasteiger partial charge >= 0.3 is 0 Å². The van der Waals surface area contributed by atoms with E-state index in [2.05, 4.69) is 47.8 Å². The number of aromatic amines is 1. The van der Waals surface area contributed by atoms with Crippen LogP contribution in [0.1, 0.15) is 43.1 Å². The highest BCUT2D eigenvalue weighted by Gasteiger charge is 2.30. The molecule has 138 valence electrons. The van der Waals surface area contributed by atoms with E-state index in [0.717, 1.165) is 49.6 Å². The fourth-order valence-corrected chi connectivity index (χ4v) is 4.19. The molecule has 1 aliphatic heterocycles. The summed E-state index contributed by atoms with van der Waals surface area (Å²) in [5.74, 6) is 0.442. The van der Waals surface area contributed by atoms with Crippen molar-refractivity contribution >= 4 is 5.65 Å². The molecule has 1 atom stereocenters. The molecular weight excluding hydrogens is 314 g/mol. The Bertz CT molecular complexity index is 817. The van der Waals surface area contributed by atoms with Crippen molar-refractivity contribution in [1.29, 1.82) is 0 Å². The van der Waals surface area contributed by atoms with Gasteiger partial charge in [0, 0.05) is 48.6 Å². The minimum absolute atomic E-state index is 0.00993. The maximum absolute atomic E-state index is 12.4. The van der Waals surface area contributed by atoms with Crippen LogP contribution in [0.4, 0.5) is 0 Å². The van der Waals surface area contributed by atoms with E-state index < -0.39 is 0 Å². The van der Waals surface area contributed by atoms with Gasteiger partial charge in [0.25, 0.3) is 5.56 Å². The fourth-order valence-electron chi connectivity index (χ4n) is 4.19. The number of nitrogens with zero attached hydrogens (tertiary/aromatic N) is 4. The number of hydrogen-bond acceptors (Lipinski definition) is 4. The number of aromatic nitrogens is 3. The Morgan fingerprint density at radius 2 is 2.08 bits per heavy atom. The topological polar surface area (TPSA) is 56.6 Å². The van der Waals surface area contributed by atoms with E-state index in [1.54, 1.807) is 4.52 Å². The first-order valence-corrected chi connectivity index (χ1v) is 9.12. The number of aryl methyl sites for hydroxylation is 1. The van der Waals surface area contributed by atoms with E-state index in [-0.39, 0.29) is 11.0 Å². The molecule has 1 fully saturated rings. The molecule has 0 radical (unpaired) electrons. The predicted octanol–water partition coefficient (Wildman–Crippen LogP) is 2.02. The number of H-pyrrole nitrogens is 1. The van der Waals surface area contributed by atoms with Gasteiger partial charge in [-0.25, -0.2) is 9.50 Å². The van der Waals surface area contributed by atoms with Gasteiger partial charge < -0.3 is 9.80 Å². The Balaban J connectivity index is 1.75. The van der Waals surface area contributed by atoms with Gasteiger partial charge in [0.05, 0.1) is 0 Å². The lowest BCUT2D eigenvalue weighted by Gasteiger charge is -2.32. The minimum atomic E-state index is 0.00993. The molecule has 3 rings (SSSR count). The van der Waals surface area contributed by atoms with E-state index in [9.17, 15) is 4.79 Å². The van der Waals surface area contributed by atoms with Crippen LogP contribution in [0.15, 0.2) is 10.9 Å². The molecule has 6 heteroatoms. The van der Waals surface area contributed by atoms with Crippen LogP contribution in [0.25, 0.3) is 5.65 Å². The zero-order chi connectivity index (χ0) is 18.4. The Morgan fingerprint density at radius 1 is 1.36 bits per heavy atom. The van der Waals surface area contributed by atoms with Gasteiger partial charge in [0.2, 0.25) is 0 Å². The van der Waals surface area contributed by atoms with E-state index >= 15 is 0 Å². The molecule has 1 N–H and O–H groups in total. The molecule has 25 heavy (non-hydrogen) atoms. The third-order valence-electron chi connectivity index (χ3n) is 5.21. The highest BCUT2D eigenvalue weighted by molar-refractivity contribution is 5.42. The van der Waals surface area contributed by atoms with Gasteiger partial charge in [-0.15, -0.1) is 0 Å². The number of hydrogen-bond donors (Lipinski definition) is 1. The first-order chi connectivity index (χ1) is 11.7. The number of likely N-dealkylation sites (tertiary alicyclic amines) is 1. The van der Waals surface area contributed by atoms with Gasteiger partial charge in [-0.05, 0) is 46.3 Å². The lowest BCUT2D eigenvalue weighted by Crippen LogP contribution is -2.39. The smallest absolute Gasteiger partial charge is 0.275 e. The normalized spacial score (nSPS) is 19.4. The second-order valence-electron chi connectivity index (χ2n) is 8.66. The van der Waals surface area contributed by atoms with Crippen LogP contribution in [0.3, 0.4) is 0 Å². The summed E-state index contributed by atoms with van der Waals surface area (Å²) in [5.41, 5.74) is 3.66. The lowest BCUT2D eigenvalue weighted by molar-refractivity contribution is 0.163. The molecule has 0 aromatic carbocycles. The molecule has 3 heterocycles. The van der Waals surface area contributed by atoms with E-state index in [0.29, 0.717) is 11.5 Å². The Morgan fingerprint density at radius 3 is 2.76 bits per heavy atom. The number of nitrogens with one attached hydrogen (secondary N) is 1. The summed E-state index contributed by atoms with van der Waals surface area (Å²) in [7, 11) is 4.27. The highest BCUT2D eigenvalue weighted by atomic mass is 16.1. The van der Waals surface area contributed by atoms with E-state index in [1.165, 1.54) is 0 Å². The Labute approximate surface area is 149 Å². The van der Waals surface area contributed by atoms with Crippen molar-refractivity contribution < 1.29 is 0 Å². The molecule has 2 aromatic heterocycles. The molecule has 0 bridgehead atoms. The van der Waals surface area contributed by atoms with E-state index in [4.69, 9.17) is 0 Å². The summed E-state index contributed by atoms with van der Waals surface area (Å²) in [4.78, 5) is 21.8. The molecule has 0 amide bonds. The molecule has 1 saturated heterocycles. The third kappa shape index (κ3) is 3.80. The van der Waals surface area contributed by atoms with Crippen LogP contribution in [0.5, 0.6) is 0 Å². The summed E-state index contributed by atoms with van der Waals surface area (Å²) in [6.07, 6.45) is 1.12. The molecular formula is C19H31N5O. The minimum Gasteiger partial charge on any atom is -0.309 e. The number of rotatable bonds is 5. The summed E-state index contributed by atoms with van der Waals surface area (Å²) >= 11 is 0. The summed E-state index contributed by atoms with van der Waals surface area (Å²) in [5, 5.41) is 3.30. The standard InChI is InChI=1S/C19H31N5O/c1-13-14(2)20-17-9-16(21-24(17)18(13)25)15-7-8-23(10-15)12-19(3,4)11-22(5)6/h9,15,21H,7-8,10-12H2,1-6H3. The van der Waals surface area contributed by atoms with Crippen LogP contribution in [-0.4, -0.2) is 64.7 Å². The second-order valence-corrected chi connectivity index (χ2v) is 8.66. The van der Waals surface area contributed by atoms with Crippen molar-refractivity contribution in [3.05, 3.63) is 33.4 Å². The molecule has 0 spiro atoms. The summed E-state index contributed by atoms with van der Waals surface area (Å²) < 4.78 is 1.59. The molecule has 0 saturated carbocycles. The summed E-state index contributed by atoms with van der Waals surface area (Å²) in [6, 6.07) is 2.05. The summed E-state index contributed by atoms with van der Waals surface area (Å²) in [6.45, 7) is 12.7. The molecule has 6 nitrogen and oxygen atoms in total.